The minimum absolute atomic E-state index is 0.0123. The summed E-state index contributed by atoms with van der Waals surface area (Å²) in [6.07, 6.45) is 4.85. The van der Waals surface area contributed by atoms with Crippen LogP contribution in [0.5, 0.6) is 0 Å². The standard InChI is InChI=1S/C13H16ClNO4S/c14-11-7-6-9(8-12(11)20(15,17)18)13(16)19-10-4-2-1-3-5-10/h6-8,10H,1-5H2,(H2,15,17,18). The van der Waals surface area contributed by atoms with Gasteiger partial charge in [-0.1, -0.05) is 18.0 Å². The molecule has 0 aromatic heterocycles. The molecule has 1 aromatic rings. The molecule has 1 fully saturated rings. The summed E-state index contributed by atoms with van der Waals surface area (Å²) < 4.78 is 28.1. The van der Waals surface area contributed by atoms with Gasteiger partial charge in [0.05, 0.1) is 10.6 Å². The van der Waals surface area contributed by atoms with Crippen LogP contribution in [0.25, 0.3) is 0 Å². The number of esters is 1. The molecule has 1 aliphatic rings. The zero-order chi connectivity index (χ0) is 14.8. The fourth-order valence-electron chi connectivity index (χ4n) is 2.25. The largest absolute Gasteiger partial charge is 0.459 e. The van der Waals surface area contributed by atoms with Gasteiger partial charge in [-0.3, -0.25) is 0 Å². The van der Waals surface area contributed by atoms with Gasteiger partial charge in [0, 0.05) is 0 Å². The number of hydrogen-bond donors (Lipinski definition) is 1. The molecule has 1 aromatic carbocycles. The molecule has 20 heavy (non-hydrogen) atoms. The molecule has 0 heterocycles. The van der Waals surface area contributed by atoms with E-state index >= 15 is 0 Å². The first-order valence-electron chi connectivity index (χ1n) is 6.41. The van der Waals surface area contributed by atoms with Crippen molar-refractivity contribution in [2.45, 2.75) is 43.1 Å². The zero-order valence-corrected chi connectivity index (χ0v) is 12.4. The van der Waals surface area contributed by atoms with Gasteiger partial charge < -0.3 is 4.74 Å². The van der Waals surface area contributed by atoms with Gasteiger partial charge in [0.25, 0.3) is 0 Å². The van der Waals surface area contributed by atoms with Gasteiger partial charge in [0.15, 0.2) is 0 Å². The Balaban J connectivity index is 2.18. The number of rotatable bonds is 3. The molecule has 0 bridgehead atoms. The molecule has 0 unspecified atom stereocenters. The summed E-state index contributed by atoms with van der Waals surface area (Å²) in [6.45, 7) is 0. The van der Waals surface area contributed by atoms with E-state index in [1.54, 1.807) is 0 Å². The average molecular weight is 318 g/mol. The van der Waals surface area contributed by atoms with Crippen molar-refractivity contribution in [3.63, 3.8) is 0 Å². The Kier molecular flexibility index (Phi) is 4.67. The van der Waals surface area contributed by atoms with E-state index in [0.717, 1.165) is 38.2 Å². The van der Waals surface area contributed by atoms with Crippen molar-refractivity contribution in [1.82, 2.24) is 0 Å². The van der Waals surface area contributed by atoms with E-state index in [9.17, 15) is 13.2 Å². The molecule has 0 atom stereocenters. The predicted octanol–water partition coefficient (Wildman–Crippen LogP) is 2.48. The van der Waals surface area contributed by atoms with Gasteiger partial charge in [-0.2, -0.15) is 0 Å². The first-order valence-corrected chi connectivity index (χ1v) is 8.33. The monoisotopic (exact) mass is 317 g/mol. The molecule has 0 spiro atoms. The van der Waals surface area contributed by atoms with Gasteiger partial charge >= 0.3 is 5.97 Å². The Morgan fingerprint density at radius 2 is 1.90 bits per heavy atom. The molecular formula is C13H16ClNO4S. The Labute approximate surface area is 123 Å². The lowest BCUT2D eigenvalue weighted by Gasteiger charge is -2.21. The minimum Gasteiger partial charge on any atom is -0.459 e. The van der Waals surface area contributed by atoms with Crippen molar-refractivity contribution >= 4 is 27.6 Å². The van der Waals surface area contributed by atoms with Crippen molar-refractivity contribution < 1.29 is 17.9 Å². The smallest absolute Gasteiger partial charge is 0.338 e. The number of carbonyl (C=O) groups is 1. The van der Waals surface area contributed by atoms with Crippen molar-refractivity contribution in [2.75, 3.05) is 0 Å². The fourth-order valence-corrected chi connectivity index (χ4v) is 3.32. The molecule has 110 valence electrons. The number of ether oxygens (including phenoxy) is 1. The van der Waals surface area contributed by atoms with E-state index < -0.39 is 16.0 Å². The highest BCUT2D eigenvalue weighted by Crippen LogP contribution is 2.24. The number of halogens is 1. The van der Waals surface area contributed by atoms with Crippen molar-refractivity contribution in [1.29, 1.82) is 0 Å². The molecule has 7 heteroatoms. The van der Waals surface area contributed by atoms with Gasteiger partial charge in [-0.15, -0.1) is 0 Å². The van der Waals surface area contributed by atoms with E-state index in [0.29, 0.717) is 0 Å². The summed E-state index contributed by atoms with van der Waals surface area (Å²) in [4.78, 5) is 11.7. The number of carbonyl (C=O) groups excluding carboxylic acids is 1. The maximum Gasteiger partial charge on any atom is 0.338 e. The number of hydrogen-bond acceptors (Lipinski definition) is 4. The number of sulfonamides is 1. The van der Waals surface area contributed by atoms with Gasteiger partial charge in [-0.05, 0) is 43.9 Å². The fraction of sp³-hybridized carbons (Fsp3) is 0.462. The van der Waals surface area contributed by atoms with Crippen LogP contribution in [0.1, 0.15) is 42.5 Å². The lowest BCUT2D eigenvalue weighted by Crippen LogP contribution is -2.21. The van der Waals surface area contributed by atoms with Gasteiger partial charge in [0.2, 0.25) is 10.0 Å². The van der Waals surface area contributed by atoms with Crippen LogP contribution in [0, 0.1) is 0 Å². The van der Waals surface area contributed by atoms with Crippen LogP contribution in [0.3, 0.4) is 0 Å². The van der Waals surface area contributed by atoms with E-state index in [1.807, 2.05) is 0 Å². The van der Waals surface area contributed by atoms with Crippen LogP contribution in [0.4, 0.5) is 0 Å². The molecule has 0 amide bonds. The maximum atomic E-state index is 12.0. The van der Waals surface area contributed by atoms with E-state index in [2.05, 4.69) is 0 Å². The molecule has 0 aliphatic heterocycles. The highest BCUT2D eigenvalue weighted by atomic mass is 35.5. The second-order valence-electron chi connectivity index (χ2n) is 4.86. The van der Waals surface area contributed by atoms with Crippen LogP contribution < -0.4 is 5.14 Å². The summed E-state index contributed by atoms with van der Waals surface area (Å²) in [7, 11) is -3.96. The average Bonchev–Trinajstić information content (AvgIpc) is 2.39. The van der Waals surface area contributed by atoms with E-state index in [4.69, 9.17) is 21.5 Å². The Morgan fingerprint density at radius 1 is 1.25 bits per heavy atom. The molecule has 1 aliphatic carbocycles. The number of primary sulfonamides is 1. The minimum atomic E-state index is -3.96. The summed E-state index contributed by atoms with van der Waals surface area (Å²) in [5.74, 6) is -0.543. The summed E-state index contributed by atoms with van der Waals surface area (Å²) in [5, 5.41) is 5.03. The Bertz CT molecular complexity index is 609. The Hall–Kier alpha value is -1.11. The maximum absolute atomic E-state index is 12.0. The third-order valence-electron chi connectivity index (χ3n) is 3.30. The predicted molar refractivity (Wildman–Crippen MR) is 75.1 cm³/mol. The molecule has 0 radical (unpaired) electrons. The van der Waals surface area contributed by atoms with Crippen LogP contribution in [0.15, 0.2) is 23.1 Å². The van der Waals surface area contributed by atoms with Crippen molar-refractivity contribution in [3.05, 3.63) is 28.8 Å². The van der Waals surface area contributed by atoms with Gasteiger partial charge in [-0.25, -0.2) is 18.4 Å². The molecule has 2 N–H and O–H groups in total. The zero-order valence-electron chi connectivity index (χ0n) is 10.8. The first kappa shape index (κ1) is 15.3. The lowest BCUT2D eigenvalue weighted by molar-refractivity contribution is 0.0211. The second-order valence-corrected chi connectivity index (χ2v) is 6.79. The van der Waals surface area contributed by atoms with E-state index in [1.165, 1.54) is 12.1 Å². The third kappa shape index (κ3) is 3.71. The SMILES string of the molecule is NS(=O)(=O)c1cc(C(=O)OC2CCCCC2)ccc1Cl. The molecule has 1 saturated carbocycles. The van der Waals surface area contributed by atoms with Crippen LogP contribution in [-0.2, 0) is 14.8 Å². The highest BCUT2D eigenvalue weighted by molar-refractivity contribution is 7.89. The molecule has 0 saturated heterocycles. The quantitative estimate of drug-likeness (QED) is 0.868. The topological polar surface area (TPSA) is 86.5 Å². The Morgan fingerprint density at radius 3 is 2.50 bits per heavy atom. The van der Waals surface area contributed by atoms with Crippen molar-refractivity contribution in [2.24, 2.45) is 5.14 Å². The normalized spacial score (nSPS) is 16.9. The first-order chi connectivity index (χ1) is 9.38. The summed E-state index contributed by atoms with van der Waals surface area (Å²) >= 11 is 5.77. The summed E-state index contributed by atoms with van der Waals surface area (Å²) in [5.41, 5.74) is 0.143. The summed E-state index contributed by atoms with van der Waals surface area (Å²) in [6, 6.07) is 3.92. The lowest BCUT2D eigenvalue weighted by atomic mass is 9.98. The molecule has 5 nitrogen and oxygen atoms in total. The second kappa shape index (κ2) is 6.11. The van der Waals surface area contributed by atoms with Crippen LogP contribution in [-0.4, -0.2) is 20.5 Å². The van der Waals surface area contributed by atoms with Crippen LogP contribution in [0.2, 0.25) is 5.02 Å². The molecule has 2 rings (SSSR count). The van der Waals surface area contributed by atoms with E-state index in [-0.39, 0.29) is 21.6 Å². The third-order valence-corrected chi connectivity index (χ3v) is 4.69. The number of nitrogens with two attached hydrogens (primary N) is 1. The van der Waals surface area contributed by atoms with Crippen molar-refractivity contribution in [3.8, 4) is 0 Å². The number of benzene rings is 1. The van der Waals surface area contributed by atoms with Gasteiger partial charge in [0.1, 0.15) is 11.0 Å². The molecular weight excluding hydrogens is 302 g/mol. The van der Waals surface area contributed by atoms with Crippen LogP contribution >= 0.6 is 11.6 Å². The highest BCUT2D eigenvalue weighted by Gasteiger charge is 2.21.